The van der Waals surface area contributed by atoms with Crippen molar-refractivity contribution in [1.82, 2.24) is 19.7 Å². The Bertz CT molecular complexity index is 590. The molecule has 0 N–H and O–H groups in total. The van der Waals surface area contributed by atoms with Crippen molar-refractivity contribution in [3.05, 3.63) is 17.2 Å². The van der Waals surface area contributed by atoms with Crippen LogP contribution < -0.4 is 0 Å². The summed E-state index contributed by atoms with van der Waals surface area (Å²) in [4.78, 5) is 8.50. The highest BCUT2D eigenvalue weighted by atomic mass is 35.5. The summed E-state index contributed by atoms with van der Waals surface area (Å²) in [5.74, 6) is 0. The number of aryl methyl sites for hydroxylation is 1. The first-order chi connectivity index (χ1) is 9.19. The molecule has 3 rings (SSSR count). The number of aromatic nitrogens is 4. The molecule has 0 aromatic carbocycles. The molecule has 0 bridgehead atoms. The predicted octanol–water partition coefficient (Wildman–Crippen LogP) is 2.92. The maximum absolute atomic E-state index is 5.95. The summed E-state index contributed by atoms with van der Waals surface area (Å²) in [6, 6.07) is 0.384. The molecular formula is C13H17ClN4O. The Hall–Kier alpha value is -1.20. The van der Waals surface area contributed by atoms with E-state index in [1.54, 1.807) is 7.11 Å². The van der Waals surface area contributed by atoms with Gasteiger partial charge in [-0.05, 0) is 44.2 Å². The molecule has 0 atom stereocenters. The van der Waals surface area contributed by atoms with Gasteiger partial charge in [-0.1, -0.05) is 0 Å². The van der Waals surface area contributed by atoms with Gasteiger partial charge in [-0.15, -0.1) is 0 Å². The lowest BCUT2D eigenvalue weighted by molar-refractivity contribution is 0.0573. The summed E-state index contributed by atoms with van der Waals surface area (Å²) in [5, 5.41) is 5.76. The molecular weight excluding hydrogens is 264 g/mol. The maximum atomic E-state index is 5.95. The molecule has 1 fully saturated rings. The first-order valence-electron chi connectivity index (χ1n) is 6.59. The third-order valence-corrected chi connectivity index (χ3v) is 4.11. The molecule has 0 amide bonds. The summed E-state index contributed by atoms with van der Waals surface area (Å²) in [7, 11) is 1.78. The summed E-state index contributed by atoms with van der Waals surface area (Å²) in [5.41, 5.74) is 1.73. The predicted molar refractivity (Wildman–Crippen MR) is 73.4 cm³/mol. The van der Waals surface area contributed by atoms with E-state index in [2.05, 4.69) is 15.1 Å². The second-order valence-corrected chi connectivity index (χ2v) is 5.41. The van der Waals surface area contributed by atoms with Gasteiger partial charge in [-0.3, -0.25) is 0 Å². The van der Waals surface area contributed by atoms with E-state index >= 15 is 0 Å². The third-order valence-electron chi connectivity index (χ3n) is 3.94. The summed E-state index contributed by atoms with van der Waals surface area (Å²) >= 11 is 5.95. The standard InChI is InChI=1S/C13H17ClN4O/c1-8-11-7-15-18(12(11)17-13(14)16-8)9-3-5-10(19-2)6-4-9/h7,9-10H,3-6H2,1-2H3. The SMILES string of the molecule is COC1CCC(n2ncc3c(C)nc(Cl)nc32)CC1. The lowest BCUT2D eigenvalue weighted by Crippen LogP contribution is -2.23. The summed E-state index contributed by atoms with van der Waals surface area (Å²) < 4.78 is 7.41. The molecule has 2 heterocycles. The molecule has 102 valence electrons. The van der Waals surface area contributed by atoms with Crippen LogP contribution in [-0.4, -0.2) is 33.0 Å². The van der Waals surface area contributed by atoms with Gasteiger partial charge in [0.05, 0.1) is 29.4 Å². The van der Waals surface area contributed by atoms with Crippen LogP contribution in [0, 0.1) is 6.92 Å². The Kier molecular flexibility index (Phi) is 3.41. The summed E-state index contributed by atoms with van der Waals surface area (Å²) in [6.07, 6.45) is 6.49. The van der Waals surface area contributed by atoms with Crippen molar-refractivity contribution in [2.75, 3.05) is 7.11 Å². The topological polar surface area (TPSA) is 52.8 Å². The Morgan fingerprint density at radius 3 is 2.68 bits per heavy atom. The van der Waals surface area contributed by atoms with Gasteiger partial charge in [-0.2, -0.15) is 10.1 Å². The van der Waals surface area contributed by atoms with Crippen LogP contribution in [0.2, 0.25) is 5.28 Å². The van der Waals surface area contributed by atoms with E-state index in [0.717, 1.165) is 42.4 Å². The Labute approximate surface area is 116 Å². The number of ether oxygens (including phenoxy) is 1. The molecule has 0 spiro atoms. The van der Waals surface area contributed by atoms with Gasteiger partial charge in [0.25, 0.3) is 0 Å². The van der Waals surface area contributed by atoms with E-state index in [9.17, 15) is 0 Å². The molecule has 0 saturated heterocycles. The molecule has 0 unspecified atom stereocenters. The summed E-state index contributed by atoms with van der Waals surface area (Å²) in [6.45, 7) is 1.93. The van der Waals surface area contributed by atoms with Gasteiger partial charge in [0, 0.05) is 7.11 Å². The zero-order valence-corrected chi connectivity index (χ0v) is 11.9. The van der Waals surface area contributed by atoms with E-state index in [4.69, 9.17) is 16.3 Å². The first-order valence-corrected chi connectivity index (χ1v) is 6.97. The van der Waals surface area contributed by atoms with Gasteiger partial charge < -0.3 is 4.74 Å². The Balaban J connectivity index is 1.93. The minimum absolute atomic E-state index is 0.289. The average Bonchev–Trinajstić information content (AvgIpc) is 2.83. The Morgan fingerprint density at radius 1 is 1.26 bits per heavy atom. The van der Waals surface area contributed by atoms with Crippen LogP contribution in [0.15, 0.2) is 6.20 Å². The number of fused-ring (bicyclic) bond motifs is 1. The van der Waals surface area contributed by atoms with E-state index in [1.165, 1.54) is 0 Å². The fourth-order valence-electron chi connectivity index (χ4n) is 2.83. The zero-order valence-electron chi connectivity index (χ0n) is 11.1. The van der Waals surface area contributed by atoms with Gasteiger partial charge in [-0.25, -0.2) is 9.67 Å². The minimum atomic E-state index is 0.289. The second kappa shape index (κ2) is 5.06. The second-order valence-electron chi connectivity index (χ2n) is 5.07. The van der Waals surface area contributed by atoms with Crippen molar-refractivity contribution in [1.29, 1.82) is 0 Å². The Morgan fingerprint density at radius 2 is 2.00 bits per heavy atom. The fraction of sp³-hybridized carbons (Fsp3) is 0.615. The molecule has 2 aromatic heterocycles. The number of hydrogen-bond donors (Lipinski definition) is 0. The smallest absolute Gasteiger partial charge is 0.224 e. The minimum Gasteiger partial charge on any atom is -0.381 e. The normalized spacial score (nSPS) is 23.9. The molecule has 1 saturated carbocycles. The number of nitrogens with zero attached hydrogens (tertiary/aromatic N) is 4. The average molecular weight is 281 g/mol. The van der Waals surface area contributed by atoms with Crippen molar-refractivity contribution in [3.8, 4) is 0 Å². The van der Waals surface area contributed by atoms with Gasteiger partial charge in [0.1, 0.15) is 0 Å². The highest BCUT2D eigenvalue weighted by molar-refractivity contribution is 6.28. The van der Waals surface area contributed by atoms with Gasteiger partial charge in [0.15, 0.2) is 5.65 Å². The van der Waals surface area contributed by atoms with Crippen LogP contribution in [0.25, 0.3) is 11.0 Å². The molecule has 0 radical (unpaired) electrons. The number of hydrogen-bond acceptors (Lipinski definition) is 4. The van der Waals surface area contributed by atoms with Crippen molar-refractivity contribution in [3.63, 3.8) is 0 Å². The van der Waals surface area contributed by atoms with E-state index in [-0.39, 0.29) is 5.28 Å². The molecule has 2 aromatic rings. The number of rotatable bonds is 2. The van der Waals surface area contributed by atoms with Crippen molar-refractivity contribution in [2.45, 2.75) is 44.8 Å². The van der Waals surface area contributed by atoms with E-state index in [1.807, 2.05) is 17.8 Å². The van der Waals surface area contributed by atoms with Crippen LogP contribution in [0.3, 0.4) is 0 Å². The lowest BCUT2D eigenvalue weighted by Gasteiger charge is -2.27. The third kappa shape index (κ3) is 2.32. The molecule has 0 aliphatic heterocycles. The van der Waals surface area contributed by atoms with Gasteiger partial charge in [0.2, 0.25) is 5.28 Å². The molecule has 6 heteroatoms. The van der Waals surface area contributed by atoms with Crippen LogP contribution in [0.5, 0.6) is 0 Å². The molecule has 1 aliphatic carbocycles. The van der Waals surface area contributed by atoms with Crippen LogP contribution in [0.1, 0.15) is 37.4 Å². The van der Waals surface area contributed by atoms with Crippen LogP contribution in [0.4, 0.5) is 0 Å². The first kappa shape index (κ1) is 12.8. The van der Waals surface area contributed by atoms with Crippen LogP contribution in [-0.2, 0) is 4.74 Å². The largest absolute Gasteiger partial charge is 0.381 e. The van der Waals surface area contributed by atoms with Crippen molar-refractivity contribution >= 4 is 22.6 Å². The maximum Gasteiger partial charge on any atom is 0.224 e. The molecule has 5 nitrogen and oxygen atoms in total. The molecule has 1 aliphatic rings. The monoisotopic (exact) mass is 280 g/mol. The highest BCUT2D eigenvalue weighted by Gasteiger charge is 2.24. The van der Waals surface area contributed by atoms with Gasteiger partial charge >= 0.3 is 0 Å². The highest BCUT2D eigenvalue weighted by Crippen LogP contribution is 2.31. The van der Waals surface area contributed by atoms with Crippen LogP contribution >= 0.6 is 11.6 Å². The van der Waals surface area contributed by atoms with Crippen molar-refractivity contribution in [2.24, 2.45) is 0 Å². The number of halogens is 1. The van der Waals surface area contributed by atoms with Crippen molar-refractivity contribution < 1.29 is 4.74 Å². The quantitative estimate of drug-likeness (QED) is 0.794. The van der Waals surface area contributed by atoms with E-state index < -0.39 is 0 Å². The zero-order chi connectivity index (χ0) is 13.4. The lowest BCUT2D eigenvalue weighted by atomic mass is 9.93. The van der Waals surface area contributed by atoms with E-state index in [0.29, 0.717) is 12.1 Å². The fourth-order valence-corrected chi connectivity index (χ4v) is 3.03. The number of methoxy groups -OCH3 is 1. The molecule has 19 heavy (non-hydrogen) atoms.